The van der Waals surface area contributed by atoms with Crippen LogP contribution in [0.25, 0.3) is 0 Å². The number of hydrogen-bond acceptors (Lipinski definition) is 6. The molecule has 16 heavy (non-hydrogen) atoms. The first-order valence-electron chi connectivity index (χ1n) is 4.63. The van der Waals surface area contributed by atoms with Crippen molar-refractivity contribution in [1.29, 1.82) is 0 Å². The molecular weight excluding hydrogens is 224 g/mol. The highest BCUT2D eigenvalue weighted by molar-refractivity contribution is 5.55. The SMILES string of the molecule is C1CCCCC1.O=C(O)OO.O=C(O)OO. The first-order chi connectivity index (χ1) is 7.54. The Labute approximate surface area is 91.9 Å². The van der Waals surface area contributed by atoms with Gasteiger partial charge in [-0.3, -0.25) is 9.78 Å². The van der Waals surface area contributed by atoms with Crippen LogP contribution in [0.3, 0.4) is 0 Å². The average Bonchev–Trinajstić information content (AvgIpc) is 2.32. The molecule has 1 saturated carbocycles. The highest BCUT2D eigenvalue weighted by Crippen LogP contribution is 2.15. The van der Waals surface area contributed by atoms with Crippen molar-refractivity contribution in [3.63, 3.8) is 0 Å². The molecular formula is C8H16O8. The van der Waals surface area contributed by atoms with Gasteiger partial charge < -0.3 is 10.2 Å². The van der Waals surface area contributed by atoms with Gasteiger partial charge in [0.15, 0.2) is 0 Å². The fraction of sp³-hybridized carbons (Fsp3) is 0.750. The smallest absolute Gasteiger partial charge is 0.448 e. The molecule has 1 rings (SSSR count). The van der Waals surface area contributed by atoms with E-state index >= 15 is 0 Å². The van der Waals surface area contributed by atoms with E-state index in [0.29, 0.717) is 0 Å². The first kappa shape index (κ1) is 16.9. The third-order valence-electron chi connectivity index (χ3n) is 1.66. The van der Waals surface area contributed by atoms with Gasteiger partial charge in [-0.1, -0.05) is 38.5 Å². The highest BCUT2D eigenvalue weighted by atomic mass is 17.1. The van der Waals surface area contributed by atoms with E-state index in [2.05, 4.69) is 9.78 Å². The van der Waals surface area contributed by atoms with Crippen molar-refractivity contribution in [3.8, 4) is 0 Å². The first-order valence-corrected chi connectivity index (χ1v) is 4.63. The lowest BCUT2D eigenvalue weighted by Crippen LogP contribution is -1.91. The summed E-state index contributed by atoms with van der Waals surface area (Å²) in [6.45, 7) is 0. The molecule has 0 spiro atoms. The van der Waals surface area contributed by atoms with Gasteiger partial charge in [0.1, 0.15) is 0 Å². The van der Waals surface area contributed by atoms with Crippen LogP contribution >= 0.6 is 0 Å². The van der Waals surface area contributed by atoms with Gasteiger partial charge >= 0.3 is 12.3 Å². The van der Waals surface area contributed by atoms with Crippen LogP contribution in [-0.2, 0) is 9.78 Å². The quantitative estimate of drug-likeness (QED) is 0.375. The monoisotopic (exact) mass is 240 g/mol. The van der Waals surface area contributed by atoms with Crippen LogP contribution in [-0.4, -0.2) is 33.0 Å². The summed E-state index contributed by atoms with van der Waals surface area (Å²) in [5, 5.41) is 28.6. The number of hydrogen-bond donors (Lipinski definition) is 4. The summed E-state index contributed by atoms with van der Waals surface area (Å²) in [4.78, 5) is 23.1. The van der Waals surface area contributed by atoms with Crippen LogP contribution in [0.5, 0.6) is 0 Å². The van der Waals surface area contributed by atoms with E-state index in [9.17, 15) is 0 Å². The Morgan fingerprint density at radius 1 is 0.688 bits per heavy atom. The molecule has 1 aliphatic carbocycles. The maximum Gasteiger partial charge on any atom is 0.537 e. The molecule has 0 amide bonds. The zero-order valence-corrected chi connectivity index (χ0v) is 8.66. The molecule has 1 aliphatic rings. The Bertz CT molecular complexity index is 151. The zero-order valence-electron chi connectivity index (χ0n) is 8.66. The lowest BCUT2D eigenvalue weighted by molar-refractivity contribution is -0.194. The van der Waals surface area contributed by atoms with E-state index < -0.39 is 12.3 Å². The summed E-state index contributed by atoms with van der Waals surface area (Å²) in [7, 11) is 0. The molecule has 0 unspecified atom stereocenters. The minimum atomic E-state index is -1.69. The Morgan fingerprint density at radius 2 is 0.812 bits per heavy atom. The average molecular weight is 240 g/mol. The summed E-state index contributed by atoms with van der Waals surface area (Å²) >= 11 is 0. The maximum atomic E-state index is 8.90. The summed E-state index contributed by atoms with van der Waals surface area (Å²) in [6, 6.07) is 0. The number of rotatable bonds is 0. The van der Waals surface area contributed by atoms with Crippen LogP contribution in [0.4, 0.5) is 9.59 Å². The normalized spacial score (nSPS) is 13.1. The van der Waals surface area contributed by atoms with E-state index in [-0.39, 0.29) is 0 Å². The van der Waals surface area contributed by atoms with E-state index in [1.165, 1.54) is 38.5 Å². The van der Waals surface area contributed by atoms with Gasteiger partial charge in [-0.05, 0) is 0 Å². The second-order valence-electron chi connectivity index (χ2n) is 2.84. The second-order valence-corrected chi connectivity index (χ2v) is 2.84. The summed E-state index contributed by atoms with van der Waals surface area (Å²) < 4.78 is 0. The molecule has 1 fully saturated rings. The zero-order chi connectivity index (χ0) is 12.8. The van der Waals surface area contributed by atoms with Crippen molar-refractivity contribution >= 4 is 12.3 Å². The third-order valence-corrected chi connectivity index (χ3v) is 1.66. The van der Waals surface area contributed by atoms with Crippen LogP contribution in [0, 0.1) is 0 Å². The second kappa shape index (κ2) is 13.5. The van der Waals surface area contributed by atoms with E-state index in [0.717, 1.165) is 0 Å². The van der Waals surface area contributed by atoms with Crippen LogP contribution in [0.15, 0.2) is 0 Å². The van der Waals surface area contributed by atoms with Gasteiger partial charge in [-0.15, -0.1) is 0 Å². The Morgan fingerprint density at radius 3 is 0.875 bits per heavy atom. The highest BCUT2D eigenvalue weighted by Gasteiger charge is 1.95. The molecule has 0 radical (unpaired) electrons. The minimum Gasteiger partial charge on any atom is -0.448 e. The van der Waals surface area contributed by atoms with Crippen LogP contribution < -0.4 is 0 Å². The molecule has 4 N–H and O–H groups in total. The lowest BCUT2D eigenvalue weighted by Gasteiger charge is -2.05. The van der Waals surface area contributed by atoms with Gasteiger partial charge in [0.2, 0.25) is 0 Å². The molecule has 0 atom stereocenters. The number of carboxylic acid groups (broad SMARTS) is 2. The van der Waals surface area contributed by atoms with Gasteiger partial charge in [-0.2, -0.15) is 10.5 Å². The summed E-state index contributed by atoms with van der Waals surface area (Å²) in [6.07, 6.45) is 5.62. The molecule has 8 heteroatoms. The van der Waals surface area contributed by atoms with Crippen molar-refractivity contribution in [2.24, 2.45) is 0 Å². The van der Waals surface area contributed by atoms with Crippen LogP contribution in [0.1, 0.15) is 38.5 Å². The Balaban J connectivity index is 0. The molecule has 0 saturated heterocycles. The number of carbonyl (C=O) groups is 2. The van der Waals surface area contributed by atoms with Gasteiger partial charge in [-0.25, -0.2) is 9.59 Å². The fourth-order valence-corrected chi connectivity index (χ4v) is 1.06. The topological polar surface area (TPSA) is 134 Å². The van der Waals surface area contributed by atoms with Crippen molar-refractivity contribution in [1.82, 2.24) is 0 Å². The Kier molecular flexibility index (Phi) is 14.2. The largest absolute Gasteiger partial charge is 0.537 e. The van der Waals surface area contributed by atoms with Gasteiger partial charge in [0.05, 0.1) is 0 Å². The summed E-state index contributed by atoms with van der Waals surface area (Å²) in [5.41, 5.74) is 0. The van der Waals surface area contributed by atoms with Crippen molar-refractivity contribution in [2.45, 2.75) is 38.5 Å². The molecule has 0 aromatic rings. The molecule has 8 nitrogen and oxygen atoms in total. The van der Waals surface area contributed by atoms with Gasteiger partial charge in [0, 0.05) is 0 Å². The van der Waals surface area contributed by atoms with Crippen molar-refractivity contribution in [3.05, 3.63) is 0 Å². The third kappa shape index (κ3) is 22.9. The molecule has 0 bridgehead atoms. The lowest BCUT2D eigenvalue weighted by atomic mass is 10.0. The predicted octanol–water partition coefficient (Wildman–Crippen LogP) is 2.65. The van der Waals surface area contributed by atoms with Crippen molar-refractivity contribution in [2.75, 3.05) is 0 Å². The van der Waals surface area contributed by atoms with Gasteiger partial charge in [0.25, 0.3) is 0 Å². The molecule has 0 aromatic carbocycles. The minimum absolute atomic E-state index is 1.50. The fourth-order valence-electron chi connectivity index (χ4n) is 1.06. The predicted molar refractivity (Wildman–Crippen MR) is 51.2 cm³/mol. The maximum absolute atomic E-state index is 8.90. The molecule has 96 valence electrons. The van der Waals surface area contributed by atoms with E-state index in [1.54, 1.807) is 0 Å². The molecule has 0 aliphatic heterocycles. The van der Waals surface area contributed by atoms with Crippen LogP contribution in [0.2, 0.25) is 0 Å². The summed E-state index contributed by atoms with van der Waals surface area (Å²) in [5.74, 6) is 0. The van der Waals surface area contributed by atoms with E-state index in [1.807, 2.05) is 0 Å². The molecule has 0 aromatic heterocycles. The Hall–Kier alpha value is -1.54. The van der Waals surface area contributed by atoms with Crippen molar-refractivity contribution < 1.29 is 40.1 Å². The van der Waals surface area contributed by atoms with E-state index in [4.69, 9.17) is 30.3 Å². The molecule has 0 heterocycles. The standard InChI is InChI=1S/C6H12.2CH2O4/c1-2-4-6-5-3-1;2*2-1(3)5-4/h1-6H2;2*4H,(H,2,3).